The summed E-state index contributed by atoms with van der Waals surface area (Å²) in [6.07, 6.45) is 6.92. The smallest absolute Gasteiger partial charge is 0.0244 e. The molecule has 2 N–H and O–H groups in total. The lowest BCUT2D eigenvalue weighted by molar-refractivity contribution is 0.380. The molecule has 0 radical (unpaired) electrons. The van der Waals surface area contributed by atoms with Crippen LogP contribution in [0.2, 0.25) is 0 Å². The van der Waals surface area contributed by atoms with E-state index in [1.165, 1.54) is 32.1 Å². The van der Waals surface area contributed by atoms with Crippen LogP contribution in [-0.4, -0.2) is 5.54 Å². The van der Waals surface area contributed by atoms with Crippen molar-refractivity contribution < 1.29 is 0 Å². The summed E-state index contributed by atoms with van der Waals surface area (Å²) in [5, 5.41) is 0. The van der Waals surface area contributed by atoms with Crippen LogP contribution in [0.15, 0.2) is 0 Å². The lowest BCUT2D eigenvalue weighted by Crippen LogP contribution is -2.34. The van der Waals surface area contributed by atoms with Gasteiger partial charge >= 0.3 is 0 Å². The minimum absolute atomic E-state index is 0.255. The lowest BCUT2D eigenvalue weighted by atomic mass is 9.94. The van der Waals surface area contributed by atoms with E-state index < -0.39 is 0 Å². The number of fused-ring (bicyclic) bond motifs is 1. The summed E-state index contributed by atoms with van der Waals surface area (Å²) < 4.78 is 0. The van der Waals surface area contributed by atoms with Crippen molar-refractivity contribution in [3.63, 3.8) is 0 Å². The van der Waals surface area contributed by atoms with Gasteiger partial charge in [0, 0.05) is 5.54 Å². The molecule has 0 aromatic carbocycles. The molecule has 0 amide bonds. The second kappa shape index (κ2) is 2.73. The van der Waals surface area contributed by atoms with E-state index in [4.69, 9.17) is 5.73 Å². The quantitative estimate of drug-likeness (QED) is 0.672. The van der Waals surface area contributed by atoms with Crippen LogP contribution in [0, 0.1) is 17.8 Å². The van der Waals surface area contributed by atoms with E-state index >= 15 is 0 Å². The van der Waals surface area contributed by atoms with Crippen molar-refractivity contribution in [1.29, 1.82) is 0 Å². The van der Waals surface area contributed by atoms with E-state index in [9.17, 15) is 0 Å². The van der Waals surface area contributed by atoms with Crippen LogP contribution < -0.4 is 5.73 Å². The fraction of sp³-hybridized carbons (Fsp3) is 1.00. The van der Waals surface area contributed by atoms with Gasteiger partial charge in [-0.25, -0.2) is 0 Å². The van der Waals surface area contributed by atoms with Crippen molar-refractivity contribution in [2.45, 2.75) is 51.5 Å². The van der Waals surface area contributed by atoms with Gasteiger partial charge in [0.05, 0.1) is 0 Å². The first-order valence-corrected chi connectivity index (χ1v) is 5.50. The maximum Gasteiger partial charge on any atom is 0.0244 e. The molecule has 70 valence electrons. The normalized spacial score (nSPS) is 48.2. The zero-order chi connectivity index (χ0) is 8.77. The van der Waals surface area contributed by atoms with Gasteiger partial charge in [-0.2, -0.15) is 0 Å². The fourth-order valence-corrected chi connectivity index (χ4v) is 3.30. The molecule has 12 heavy (non-hydrogen) atoms. The molecular weight excluding hydrogens is 146 g/mol. The fourth-order valence-electron chi connectivity index (χ4n) is 3.30. The third kappa shape index (κ3) is 0.953. The summed E-state index contributed by atoms with van der Waals surface area (Å²) in [6.45, 7) is 4.60. The van der Waals surface area contributed by atoms with E-state index in [1.54, 1.807) is 0 Å². The Balaban J connectivity index is 2.05. The van der Waals surface area contributed by atoms with Crippen LogP contribution in [0.1, 0.15) is 46.0 Å². The molecule has 1 heteroatoms. The highest BCUT2D eigenvalue weighted by molar-refractivity contribution is 5.18. The van der Waals surface area contributed by atoms with Crippen molar-refractivity contribution in [2.24, 2.45) is 23.5 Å². The maximum absolute atomic E-state index is 6.45. The van der Waals surface area contributed by atoms with Crippen molar-refractivity contribution in [1.82, 2.24) is 0 Å². The van der Waals surface area contributed by atoms with Crippen molar-refractivity contribution in [3.8, 4) is 0 Å². The van der Waals surface area contributed by atoms with Crippen LogP contribution in [0.25, 0.3) is 0 Å². The minimum atomic E-state index is 0.255. The zero-order valence-electron chi connectivity index (χ0n) is 8.34. The van der Waals surface area contributed by atoms with Gasteiger partial charge in [-0.1, -0.05) is 33.1 Å². The second-order valence-electron chi connectivity index (χ2n) is 4.81. The molecule has 0 aromatic heterocycles. The summed E-state index contributed by atoms with van der Waals surface area (Å²) in [5.41, 5.74) is 6.71. The van der Waals surface area contributed by atoms with Crippen LogP contribution in [-0.2, 0) is 0 Å². The van der Waals surface area contributed by atoms with Gasteiger partial charge in [0.2, 0.25) is 0 Å². The Morgan fingerprint density at radius 1 is 1.33 bits per heavy atom. The summed E-state index contributed by atoms with van der Waals surface area (Å²) in [6, 6.07) is 0. The molecular formula is C11H21N. The Labute approximate surface area is 75.7 Å². The first-order chi connectivity index (χ1) is 5.71. The average molecular weight is 167 g/mol. The standard InChI is InChI=1S/C11H21N/c1-3-8(2)11(12)9-6-4-5-7-10(9)11/h8-10H,3-7,12H2,1-2H3. The predicted molar refractivity (Wildman–Crippen MR) is 51.8 cm³/mol. The second-order valence-corrected chi connectivity index (χ2v) is 4.81. The van der Waals surface area contributed by atoms with E-state index in [2.05, 4.69) is 13.8 Å². The first kappa shape index (κ1) is 8.55. The molecule has 0 spiro atoms. The Hall–Kier alpha value is -0.0400. The Morgan fingerprint density at radius 2 is 1.83 bits per heavy atom. The van der Waals surface area contributed by atoms with Gasteiger partial charge in [-0.15, -0.1) is 0 Å². The number of hydrogen-bond donors (Lipinski definition) is 1. The van der Waals surface area contributed by atoms with Crippen LogP contribution in [0.5, 0.6) is 0 Å². The third-order valence-corrected chi connectivity index (χ3v) is 4.41. The minimum Gasteiger partial charge on any atom is -0.324 e. The van der Waals surface area contributed by atoms with Crippen molar-refractivity contribution in [3.05, 3.63) is 0 Å². The highest BCUT2D eigenvalue weighted by Gasteiger charge is 2.63. The number of rotatable bonds is 2. The number of nitrogens with two attached hydrogens (primary N) is 1. The van der Waals surface area contributed by atoms with Crippen LogP contribution >= 0.6 is 0 Å². The van der Waals surface area contributed by atoms with E-state index in [1.807, 2.05) is 0 Å². The highest BCUT2D eigenvalue weighted by atomic mass is 14.9. The molecule has 2 rings (SSSR count). The largest absolute Gasteiger partial charge is 0.324 e. The van der Waals surface area contributed by atoms with Crippen LogP contribution in [0.4, 0.5) is 0 Å². The zero-order valence-corrected chi connectivity index (χ0v) is 8.34. The molecule has 0 bridgehead atoms. The van der Waals surface area contributed by atoms with E-state index in [-0.39, 0.29) is 5.54 Å². The summed E-state index contributed by atoms with van der Waals surface area (Å²) >= 11 is 0. The summed E-state index contributed by atoms with van der Waals surface area (Å²) in [4.78, 5) is 0. The Bertz CT molecular complexity index is 164. The van der Waals surface area contributed by atoms with Gasteiger partial charge in [-0.3, -0.25) is 0 Å². The molecule has 2 aliphatic carbocycles. The van der Waals surface area contributed by atoms with Crippen LogP contribution in [0.3, 0.4) is 0 Å². The van der Waals surface area contributed by atoms with Gasteiger partial charge in [0.25, 0.3) is 0 Å². The molecule has 0 aromatic rings. The molecule has 0 heterocycles. The third-order valence-electron chi connectivity index (χ3n) is 4.41. The Morgan fingerprint density at radius 3 is 2.25 bits per heavy atom. The van der Waals surface area contributed by atoms with Gasteiger partial charge < -0.3 is 5.73 Å². The number of hydrogen-bond acceptors (Lipinski definition) is 1. The highest BCUT2D eigenvalue weighted by Crippen LogP contribution is 2.60. The molecule has 1 nitrogen and oxygen atoms in total. The molecule has 2 aliphatic rings. The molecule has 3 atom stereocenters. The molecule has 3 unspecified atom stereocenters. The predicted octanol–water partition coefficient (Wildman–Crippen LogP) is 2.55. The molecule has 0 saturated heterocycles. The summed E-state index contributed by atoms with van der Waals surface area (Å²) in [5.74, 6) is 2.52. The van der Waals surface area contributed by atoms with Gasteiger partial charge in [-0.05, 0) is 30.6 Å². The van der Waals surface area contributed by atoms with Crippen molar-refractivity contribution in [2.75, 3.05) is 0 Å². The van der Waals surface area contributed by atoms with Gasteiger partial charge in [0.1, 0.15) is 0 Å². The van der Waals surface area contributed by atoms with Gasteiger partial charge in [0.15, 0.2) is 0 Å². The lowest BCUT2D eigenvalue weighted by Gasteiger charge is -2.19. The molecule has 0 aliphatic heterocycles. The Kier molecular flexibility index (Phi) is 1.95. The first-order valence-electron chi connectivity index (χ1n) is 5.50. The van der Waals surface area contributed by atoms with E-state index in [0.717, 1.165) is 17.8 Å². The van der Waals surface area contributed by atoms with Crippen molar-refractivity contribution >= 4 is 0 Å². The average Bonchev–Trinajstić information content (AvgIpc) is 2.74. The SMILES string of the molecule is CCC(C)C1(N)C2CCCCC21. The topological polar surface area (TPSA) is 26.0 Å². The maximum atomic E-state index is 6.45. The molecule has 2 saturated carbocycles. The van der Waals surface area contributed by atoms with E-state index in [0.29, 0.717) is 0 Å². The summed E-state index contributed by atoms with van der Waals surface area (Å²) in [7, 11) is 0. The monoisotopic (exact) mass is 167 g/mol. The molecule has 2 fully saturated rings.